The van der Waals surface area contributed by atoms with Crippen molar-refractivity contribution in [3.05, 3.63) is 34.9 Å². The second-order valence-corrected chi connectivity index (χ2v) is 6.34. The number of amides is 2. The lowest BCUT2D eigenvalue weighted by Crippen LogP contribution is -2.50. The van der Waals surface area contributed by atoms with Gasteiger partial charge >= 0.3 is 0 Å². The van der Waals surface area contributed by atoms with Gasteiger partial charge in [-0.25, -0.2) is 0 Å². The molecule has 1 aromatic carbocycles. The van der Waals surface area contributed by atoms with Gasteiger partial charge in [0.05, 0.1) is 18.8 Å². The molecule has 1 saturated heterocycles. The molecule has 2 amide bonds. The SMILES string of the molecule is CC1CN(C(=O)CCCNC(=O)c2ccc(Cl)cc2)C(C)CO1. The van der Waals surface area contributed by atoms with Crippen molar-refractivity contribution in [2.75, 3.05) is 19.7 Å². The van der Waals surface area contributed by atoms with Gasteiger partial charge in [0, 0.05) is 30.1 Å². The van der Waals surface area contributed by atoms with Crippen LogP contribution in [0.25, 0.3) is 0 Å². The Hall–Kier alpha value is -1.59. The number of rotatable bonds is 5. The predicted octanol–water partition coefficient (Wildman–Crippen LogP) is 2.49. The molecule has 1 aliphatic heterocycles. The molecular formula is C17H23ClN2O3. The van der Waals surface area contributed by atoms with Gasteiger partial charge in [-0.1, -0.05) is 11.6 Å². The maximum absolute atomic E-state index is 12.2. The highest BCUT2D eigenvalue weighted by Gasteiger charge is 2.26. The van der Waals surface area contributed by atoms with Crippen molar-refractivity contribution >= 4 is 23.4 Å². The van der Waals surface area contributed by atoms with Crippen LogP contribution in [0.5, 0.6) is 0 Å². The van der Waals surface area contributed by atoms with Gasteiger partial charge in [0.1, 0.15) is 0 Å². The average Bonchev–Trinajstić information content (AvgIpc) is 2.54. The number of nitrogens with zero attached hydrogens (tertiary/aromatic N) is 1. The van der Waals surface area contributed by atoms with Crippen LogP contribution in [0.1, 0.15) is 37.0 Å². The summed E-state index contributed by atoms with van der Waals surface area (Å²) in [6, 6.07) is 6.84. The van der Waals surface area contributed by atoms with E-state index in [1.165, 1.54) is 0 Å². The summed E-state index contributed by atoms with van der Waals surface area (Å²) in [6.07, 6.45) is 1.13. The summed E-state index contributed by atoms with van der Waals surface area (Å²) in [7, 11) is 0. The van der Waals surface area contributed by atoms with Crippen LogP contribution in [0.15, 0.2) is 24.3 Å². The third-order valence-corrected chi connectivity index (χ3v) is 4.14. The van der Waals surface area contributed by atoms with E-state index in [4.69, 9.17) is 16.3 Å². The number of halogens is 1. The molecule has 0 aliphatic carbocycles. The number of benzene rings is 1. The van der Waals surface area contributed by atoms with Crippen molar-refractivity contribution in [2.24, 2.45) is 0 Å². The lowest BCUT2D eigenvalue weighted by molar-refractivity contribution is -0.143. The smallest absolute Gasteiger partial charge is 0.251 e. The van der Waals surface area contributed by atoms with Crippen LogP contribution in [0.2, 0.25) is 5.02 Å². The number of ether oxygens (including phenoxy) is 1. The van der Waals surface area contributed by atoms with Crippen molar-refractivity contribution in [1.29, 1.82) is 0 Å². The Bertz CT molecular complexity index is 547. The van der Waals surface area contributed by atoms with Gasteiger partial charge in [-0.15, -0.1) is 0 Å². The van der Waals surface area contributed by atoms with Gasteiger partial charge in [-0.3, -0.25) is 9.59 Å². The van der Waals surface area contributed by atoms with Crippen LogP contribution in [-0.2, 0) is 9.53 Å². The lowest BCUT2D eigenvalue weighted by atomic mass is 10.1. The summed E-state index contributed by atoms with van der Waals surface area (Å²) in [4.78, 5) is 26.1. The number of morpholine rings is 1. The minimum Gasteiger partial charge on any atom is -0.375 e. The average molecular weight is 339 g/mol. The Balaban J connectivity index is 1.71. The van der Waals surface area contributed by atoms with Gasteiger partial charge in [-0.05, 0) is 44.5 Å². The second-order valence-electron chi connectivity index (χ2n) is 5.91. The molecular weight excluding hydrogens is 316 g/mol. The monoisotopic (exact) mass is 338 g/mol. The third kappa shape index (κ3) is 5.22. The highest BCUT2D eigenvalue weighted by Crippen LogP contribution is 2.13. The lowest BCUT2D eigenvalue weighted by Gasteiger charge is -2.36. The van der Waals surface area contributed by atoms with E-state index in [9.17, 15) is 9.59 Å². The van der Waals surface area contributed by atoms with Crippen LogP contribution in [0, 0.1) is 0 Å². The first kappa shape index (κ1) is 17.8. The molecule has 1 N–H and O–H groups in total. The van der Waals surface area contributed by atoms with E-state index >= 15 is 0 Å². The van der Waals surface area contributed by atoms with E-state index in [1.807, 2.05) is 18.7 Å². The Labute approximate surface area is 141 Å². The maximum atomic E-state index is 12.2. The van der Waals surface area contributed by atoms with E-state index in [0.29, 0.717) is 43.1 Å². The molecule has 2 unspecified atom stereocenters. The van der Waals surface area contributed by atoms with Crippen molar-refractivity contribution in [3.8, 4) is 0 Å². The largest absolute Gasteiger partial charge is 0.375 e. The highest BCUT2D eigenvalue weighted by molar-refractivity contribution is 6.30. The van der Waals surface area contributed by atoms with Crippen molar-refractivity contribution in [3.63, 3.8) is 0 Å². The predicted molar refractivity (Wildman–Crippen MR) is 89.6 cm³/mol. The zero-order chi connectivity index (χ0) is 16.8. The van der Waals surface area contributed by atoms with Gasteiger partial charge < -0.3 is 15.0 Å². The zero-order valence-corrected chi connectivity index (χ0v) is 14.3. The van der Waals surface area contributed by atoms with Crippen LogP contribution in [0.3, 0.4) is 0 Å². The van der Waals surface area contributed by atoms with Crippen molar-refractivity contribution in [2.45, 2.75) is 38.8 Å². The molecule has 0 bridgehead atoms. The molecule has 0 aromatic heterocycles. The molecule has 2 atom stereocenters. The molecule has 23 heavy (non-hydrogen) atoms. The standard InChI is InChI=1S/C17H23ClN2O3/c1-12-11-23-13(2)10-20(12)16(21)4-3-9-19-17(22)14-5-7-15(18)8-6-14/h5-8,12-13H,3-4,9-11H2,1-2H3,(H,19,22). The fourth-order valence-electron chi connectivity index (χ4n) is 2.54. The molecule has 0 spiro atoms. The Morgan fingerprint density at radius 2 is 2.00 bits per heavy atom. The van der Waals surface area contributed by atoms with Gasteiger partial charge in [0.2, 0.25) is 5.91 Å². The minimum atomic E-state index is -0.150. The van der Waals surface area contributed by atoms with Crippen LogP contribution < -0.4 is 5.32 Å². The summed E-state index contributed by atoms with van der Waals surface area (Å²) < 4.78 is 5.52. The normalized spacial score (nSPS) is 21.1. The second kappa shape index (κ2) is 8.31. The van der Waals surface area contributed by atoms with Crippen molar-refractivity contribution < 1.29 is 14.3 Å². The molecule has 6 heteroatoms. The number of hydrogen-bond acceptors (Lipinski definition) is 3. The van der Waals surface area contributed by atoms with Crippen LogP contribution >= 0.6 is 11.6 Å². The molecule has 1 aliphatic rings. The molecule has 1 fully saturated rings. The number of carbonyl (C=O) groups excluding carboxylic acids is 2. The molecule has 2 rings (SSSR count). The topological polar surface area (TPSA) is 58.6 Å². The zero-order valence-electron chi connectivity index (χ0n) is 13.5. The number of nitrogens with one attached hydrogen (secondary N) is 1. The van der Waals surface area contributed by atoms with E-state index in [1.54, 1.807) is 24.3 Å². The Morgan fingerprint density at radius 1 is 1.30 bits per heavy atom. The summed E-state index contributed by atoms with van der Waals surface area (Å²) in [5.74, 6) is -0.0316. The van der Waals surface area contributed by atoms with Gasteiger partial charge in [0.25, 0.3) is 5.91 Å². The Morgan fingerprint density at radius 3 is 2.70 bits per heavy atom. The first-order chi connectivity index (χ1) is 11.0. The van der Waals surface area contributed by atoms with Gasteiger partial charge in [-0.2, -0.15) is 0 Å². The fourth-order valence-corrected chi connectivity index (χ4v) is 2.67. The van der Waals surface area contributed by atoms with Crippen molar-refractivity contribution in [1.82, 2.24) is 10.2 Å². The first-order valence-electron chi connectivity index (χ1n) is 7.92. The molecule has 0 saturated carbocycles. The van der Waals surface area contributed by atoms with E-state index < -0.39 is 0 Å². The van der Waals surface area contributed by atoms with E-state index in [2.05, 4.69) is 5.32 Å². The Kier molecular flexibility index (Phi) is 6.42. The highest BCUT2D eigenvalue weighted by atomic mass is 35.5. The minimum absolute atomic E-state index is 0.0831. The summed E-state index contributed by atoms with van der Waals surface area (Å²) in [6.45, 7) is 5.66. The quantitative estimate of drug-likeness (QED) is 0.839. The summed E-state index contributed by atoms with van der Waals surface area (Å²) in [5, 5.41) is 3.42. The third-order valence-electron chi connectivity index (χ3n) is 3.89. The maximum Gasteiger partial charge on any atom is 0.251 e. The molecule has 1 aromatic rings. The van der Waals surface area contributed by atoms with E-state index in [-0.39, 0.29) is 24.0 Å². The first-order valence-corrected chi connectivity index (χ1v) is 8.30. The van der Waals surface area contributed by atoms with E-state index in [0.717, 1.165) is 0 Å². The fraction of sp³-hybridized carbons (Fsp3) is 0.529. The van der Waals surface area contributed by atoms with Crippen LogP contribution in [0.4, 0.5) is 0 Å². The molecule has 0 radical (unpaired) electrons. The molecule has 5 nitrogen and oxygen atoms in total. The summed E-state index contributed by atoms with van der Waals surface area (Å²) in [5.41, 5.74) is 0.566. The number of carbonyl (C=O) groups is 2. The molecule has 1 heterocycles. The molecule has 126 valence electrons. The summed E-state index contributed by atoms with van der Waals surface area (Å²) >= 11 is 5.79. The number of hydrogen-bond donors (Lipinski definition) is 1. The van der Waals surface area contributed by atoms with Gasteiger partial charge in [0.15, 0.2) is 0 Å². The van der Waals surface area contributed by atoms with Crippen LogP contribution in [-0.4, -0.2) is 48.6 Å².